The summed E-state index contributed by atoms with van der Waals surface area (Å²) in [5.41, 5.74) is 0.879. The highest BCUT2D eigenvalue weighted by Gasteiger charge is 2.22. The van der Waals surface area contributed by atoms with Crippen molar-refractivity contribution < 1.29 is 14.3 Å². The predicted molar refractivity (Wildman–Crippen MR) is 103 cm³/mol. The van der Waals surface area contributed by atoms with Gasteiger partial charge in [-0.2, -0.15) is 0 Å². The van der Waals surface area contributed by atoms with Crippen LogP contribution in [0.25, 0.3) is 22.2 Å². The molecule has 0 aliphatic heterocycles. The molecule has 26 heavy (non-hydrogen) atoms. The zero-order valence-corrected chi connectivity index (χ0v) is 15.6. The van der Waals surface area contributed by atoms with Crippen LogP contribution in [0, 0.1) is 0 Å². The smallest absolute Gasteiger partial charge is 0.344 e. The molecule has 134 valence electrons. The molecule has 3 aromatic rings. The second-order valence-corrected chi connectivity index (χ2v) is 6.28. The summed E-state index contributed by atoms with van der Waals surface area (Å²) in [6, 6.07) is 9.81. The Morgan fingerprint density at radius 2 is 1.88 bits per heavy atom. The average molecular weight is 392 g/mol. The number of benzene rings is 2. The van der Waals surface area contributed by atoms with Crippen molar-refractivity contribution in [3.05, 3.63) is 62.2 Å². The first-order chi connectivity index (χ1) is 12.5. The van der Waals surface area contributed by atoms with E-state index < -0.39 is 11.4 Å². The van der Waals surface area contributed by atoms with Gasteiger partial charge in [0.15, 0.2) is 0 Å². The first-order valence-electron chi connectivity index (χ1n) is 7.82. The lowest BCUT2D eigenvalue weighted by atomic mass is 10.0. The number of methoxy groups -OCH3 is 1. The lowest BCUT2D eigenvalue weighted by Gasteiger charge is -2.12. The molecule has 0 aliphatic carbocycles. The van der Waals surface area contributed by atoms with Gasteiger partial charge in [-0.25, -0.2) is 4.79 Å². The van der Waals surface area contributed by atoms with Gasteiger partial charge in [-0.05, 0) is 31.2 Å². The van der Waals surface area contributed by atoms with E-state index in [9.17, 15) is 9.59 Å². The van der Waals surface area contributed by atoms with Gasteiger partial charge in [0, 0.05) is 17.0 Å². The number of carbonyl (C=O) groups excluding carboxylic acids is 1. The average Bonchev–Trinajstić information content (AvgIpc) is 2.63. The summed E-state index contributed by atoms with van der Waals surface area (Å²) in [5.74, 6) is -0.121. The maximum Gasteiger partial charge on any atom is 0.344 e. The normalized spacial score (nSPS) is 10.8. The molecule has 0 atom stereocenters. The Bertz CT molecular complexity index is 1060. The van der Waals surface area contributed by atoms with Crippen LogP contribution in [0.15, 0.2) is 41.2 Å². The second-order valence-electron chi connectivity index (χ2n) is 5.46. The second kappa shape index (κ2) is 7.40. The summed E-state index contributed by atoms with van der Waals surface area (Å²) in [5, 5.41) is 1.04. The molecular weight excluding hydrogens is 377 g/mol. The standard InChI is InChI=1S/C19H15Cl2NO4/c1-3-26-19(24)16-17(10-4-7-13(20)14(21)8-10)22-15-9-11(25-2)5-6-12(15)18(16)23/h4-9H,3H2,1-2H3,(H,22,23). The maximum absolute atomic E-state index is 13.0. The van der Waals surface area contributed by atoms with Crippen LogP contribution >= 0.6 is 23.2 Å². The van der Waals surface area contributed by atoms with Crippen LogP contribution in [0.5, 0.6) is 5.75 Å². The highest BCUT2D eigenvalue weighted by Crippen LogP contribution is 2.30. The van der Waals surface area contributed by atoms with Crippen molar-refractivity contribution in [2.75, 3.05) is 13.7 Å². The van der Waals surface area contributed by atoms with Gasteiger partial charge >= 0.3 is 5.97 Å². The molecule has 0 radical (unpaired) electrons. The van der Waals surface area contributed by atoms with E-state index in [1.165, 1.54) is 7.11 Å². The zero-order valence-electron chi connectivity index (χ0n) is 14.1. The summed E-state index contributed by atoms with van der Waals surface area (Å²) in [6.45, 7) is 1.83. The van der Waals surface area contributed by atoms with E-state index in [2.05, 4.69) is 4.98 Å². The molecule has 0 aliphatic rings. The molecule has 0 unspecified atom stereocenters. The summed E-state index contributed by atoms with van der Waals surface area (Å²) >= 11 is 12.1. The summed E-state index contributed by atoms with van der Waals surface area (Å²) in [6.07, 6.45) is 0. The van der Waals surface area contributed by atoms with Gasteiger partial charge < -0.3 is 14.5 Å². The minimum atomic E-state index is -0.701. The Balaban J connectivity index is 2.36. The summed E-state index contributed by atoms with van der Waals surface area (Å²) < 4.78 is 10.3. The molecule has 1 aromatic heterocycles. The molecule has 3 rings (SSSR count). The van der Waals surface area contributed by atoms with Crippen molar-refractivity contribution in [3.63, 3.8) is 0 Å². The molecule has 0 saturated carbocycles. The number of esters is 1. The quantitative estimate of drug-likeness (QED) is 0.655. The molecule has 1 N–H and O–H groups in total. The number of pyridine rings is 1. The fourth-order valence-electron chi connectivity index (χ4n) is 2.66. The van der Waals surface area contributed by atoms with E-state index in [-0.39, 0.29) is 12.2 Å². The Labute approximate surface area is 159 Å². The van der Waals surface area contributed by atoms with Crippen LogP contribution in [0.3, 0.4) is 0 Å². The van der Waals surface area contributed by atoms with Crippen molar-refractivity contribution in [1.82, 2.24) is 4.98 Å². The zero-order chi connectivity index (χ0) is 18.8. The topological polar surface area (TPSA) is 68.4 Å². The number of ether oxygens (including phenoxy) is 2. The number of carbonyl (C=O) groups is 1. The molecule has 0 spiro atoms. The predicted octanol–water partition coefficient (Wildman–Crippen LogP) is 4.69. The minimum absolute atomic E-state index is 0.0806. The van der Waals surface area contributed by atoms with Gasteiger partial charge in [-0.3, -0.25) is 4.79 Å². The molecular formula is C19H15Cl2NO4. The largest absolute Gasteiger partial charge is 0.497 e. The van der Waals surface area contributed by atoms with E-state index in [0.717, 1.165) is 0 Å². The van der Waals surface area contributed by atoms with Crippen molar-refractivity contribution in [2.24, 2.45) is 0 Å². The molecule has 0 fully saturated rings. The molecule has 0 saturated heterocycles. The van der Waals surface area contributed by atoms with Crippen molar-refractivity contribution in [2.45, 2.75) is 6.92 Å². The first kappa shape index (κ1) is 18.3. The lowest BCUT2D eigenvalue weighted by molar-refractivity contribution is 0.0525. The third kappa shape index (κ3) is 3.28. The van der Waals surface area contributed by atoms with E-state index in [1.54, 1.807) is 43.3 Å². The number of H-pyrrole nitrogens is 1. The van der Waals surface area contributed by atoms with Gasteiger partial charge in [-0.1, -0.05) is 29.3 Å². The van der Waals surface area contributed by atoms with Gasteiger partial charge in [0.1, 0.15) is 11.3 Å². The van der Waals surface area contributed by atoms with E-state index >= 15 is 0 Å². The van der Waals surface area contributed by atoms with Gasteiger partial charge in [0.05, 0.1) is 35.0 Å². The van der Waals surface area contributed by atoms with E-state index in [1.807, 2.05) is 0 Å². The van der Waals surface area contributed by atoms with Gasteiger partial charge in [-0.15, -0.1) is 0 Å². The van der Waals surface area contributed by atoms with Gasteiger partial charge in [0.25, 0.3) is 0 Å². The van der Waals surface area contributed by atoms with Crippen LogP contribution in [-0.4, -0.2) is 24.7 Å². The lowest BCUT2D eigenvalue weighted by Crippen LogP contribution is -2.20. The summed E-state index contributed by atoms with van der Waals surface area (Å²) in [4.78, 5) is 28.6. The van der Waals surface area contributed by atoms with Crippen LogP contribution in [0.1, 0.15) is 17.3 Å². The van der Waals surface area contributed by atoms with Crippen molar-refractivity contribution in [3.8, 4) is 17.0 Å². The monoisotopic (exact) mass is 391 g/mol. The fraction of sp³-hybridized carbons (Fsp3) is 0.158. The van der Waals surface area contributed by atoms with Crippen LogP contribution in [0.2, 0.25) is 10.0 Å². The first-order valence-corrected chi connectivity index (χ1v) is 8.58. The van der Waals surface area contributed by atoms with E-state index in [0.29, 0.717) is 38.0 Å². The number of hydrogen-bond acceptors (Lipinski definition) is 4. The minimum Gasteiger partial charge on any atom is -0.497 e. The highest BCUT2D eigenvalue weighted by atomic mass is 35.5. The van der Waals surface area contributed by atoms with Crippen LogP contribution in [0.4, 0.5) is 0 Å². The molecule has 0 bridgehead atoms. The number of fused-ring (bicyclic) bond motifs is 1. The molecule has 1 heterocycles. The van der Waals surface area contributed by atoms with E-state index in [4.69, 9.17) is 32.7 Å². The molecule has 7 heteroatoms. The Morgan fingerprint density at radius 1 is 1.12 bits per heavy atom. The highest BCUT2D eigenvalue weighted by molar-refractivity contribution is 6.42. The van der Waals surface area contributed by atoms with Crippen LogP contribution in [-0.2, 0) is 4.74 Å². The Hall–Kier alpha value is -2.50. The van der Waals surface area contributed by atoms with Crippen molar-refractivity contribution in [1.29, 1.82) is 0 Å². The van der Waals surface area contributed by atoms with Gasteiger partial charge in [0.2, 0.25) is 5.43 Å². The van der Waals surface area contributed by atoms with Crippen LogP contribution < -0.4 is 10.2 Å². The maximum atomic E-state index is 13.0. The molecule has 0 amide bonds. The third-order valence-electron chi connectivity index (χ3n) is 3.90. The molecule has 5 nitrogen and oxygen atoms in total. The number of hydrogen-bond donors (Lipinski definition) is 1. The number of nitrogens with one attached hydrogen (secondary N) is 1. The number of halogens is 2. The van der Waals surface area contributed by atoms with Crippen molar-refractivity contribution >= 4 is 40.1 Å². The third-order valence-corrected chi connectivity index (χ3v) is 4.63. The number of aromatic amines is 1. The SMILES string of the molecule is CCOC(=O)c1c(-c2ccc(Cl)c(Cl)c2)[nH]c2cc(OC)ccc2c1=O. The summed E-state index contributed by atoms with van der Waals surface area (Å²) in [7, 11) is 1.53. The number of rotatable bonds is 4. The fourth-order valence-corrected chi connectivity index (χ4v) is 2.96. The molecule has 2 aromatic carbocycles. The Kier molecular flexibility index (Phi) is 5.20. The Morgan fingerprint density at radius 3 is 2.54 bits per heavy atom. The number of aromatic nitrogens is 1.